The molecule has 1 unspecified atom stereocenters. The number of hydrogen-bond acceptors (Lipinski definition) is 8. The zero-order valence-corrected chi connectivity index (χ0v) is 17.3. The highest BCUT2D eigenvalue weighted by Crippen LogP contribution is 2.39. The van der Waals surface area contributed by atoms with E-state index in [2.05, 4.69) is 30.1 Å². The number of rotatable bonds is 5. The first-order valence-electron chi connectivity index (χ1n) is 9.59. The van der Waals surface area contributed by atoms with Crippen molar-refractivity contribution in [3.63, 3.8) is 0 Å². The van der Waals surface area contributed by atoms with Gasteiger partial charge in [0.05, 0.1) is 35.8 Å². The maximum absolute atomic E-state index is 11.3. The Hall–Kier alpha value is -3.73. The molecule has 1 aromatic carbocycles. The Balaban J connectivity index is 1.43. The largest absolute Gasteiger partial charge is 0.508 e. The van der Waals surface area contributed by atoms with Gasteiger partial charge in [0.25, 0.3) is 0 Å². The van der Waals surface area contributed by atoms with Crippen molar-refractivity contribution >= 4 is 38.5 Å². The van der Waals surface area contributed by atoms with Crippen molar-refractivity contribution in [2.45, 2.75) is 18.9 Å². The summed E-state index contributed by atoms with van der Waals surface area (Å²) in [6.07, 6.45) is 7.59. The molecule has 11 heteroatoms. The van der Waals surface area contributed by atoms with Gasteiger partial charge in [-0.1, -0.05) is 12.1 Å². The van der Waals surface area contributed by atoms with Crippen LogP contribution in [0.3, 0.4) is 0 Å². The number of aromatic nitrogens is 5. The van der Waals surface area contributed by atoms with Gasteiger partial charge in [-0.2, -0.15) is 10.1 Å². The summed E-state index contributed by atoms with van der Waals surface area (Å²) < 4.78 is 26.8. The molecule has 3 N–H and O–H groups in total. The number of nitrogens with one attached hydrogen (secondary N) is 2. The molecule has 3 aromatic heterocycles. The van der Waals surface area contributed by atoms with Crippen LogP contribution < -0.4 is 10.0 Å². The van der Waals surface area contributed by atoms with E-state index >= 15 is 0 Å². The Morgan fingerprint density at radius 2 is 2.00 bits per heavy atom. The van der Waals surface area contributed by atoms with E-state index < -0.39 is 10.0 Å². The molecule has 10 nitrogen and oxygen atoms in total. The Bertz CT molecular complexity index is 1380. The van der Waals surface area contributed by atoms with E-state index in [-0.39, 0.29) is 11.9 Å². The first-order chi connectivity index (χ1) is 14.9. The highest BCUT2D eigenvalue weighted by Gasteiger charge is 2.28. The fourth-order valence-electron chi connectivity index (χ4n) is 3.84. The maximum Gasteiger partial charge on any atom is 0.230 e. The first-order valence-corrected chi connectivity index (χ1v) is 11.5. The van der Waals surface area contributed by atoms with E-state index in [1.807, 2.05) is 16.8 Å². The van der Waals surface area contributed by atoms with Gasteiger partial charge in [-0.15, -0.1) is 0 Å². The highest BCUT2D eigenvalue weighted by molar-refractivity contribution is 7.92. The number of sulfonamides is 1. The lowest BCUT2D eigenvalue weighted by Crippen LogP contribution is -2.11. The van der Waals surface area contributed by atoms with Crippen LogP contribution in [0.1, 0.15) is 23.6 Å². The number of hydrogen-bond donors (Lipinski definition) is 3. The van der Waals surface area contributed by atoms with Crippen molar-refractivity contribution in [1.82, 2.24) is 24.7 Å². The predicted octanol–water partition coefficient (Wildman–Crippen LogP) is 2.58. The van der Waals surface area contributed by atoms with Crippen LogP contribution >= 0.6 is 0 Å². The number of phenolic OH excluding ortho intramolecular Hbond substituents is 1. The fourth-order valence-corrected chi connectivity index (χ4v) is 4.34. The van der Waals surface area contributed by atoms with Gasteiger partial charge in [-0.25, -0.2) is 23.1 Å². The number of benzene rings is 1. The molecular formula is C20H19N7O3S. The van der Waals surface area contributed by atoms with Crippen molar-refractivity contribution < 1.29 is 13.5 Å². The lowest BCUT2D eigenvalue weighted by molar-refractivity contribution is 0.469. The molecule has 0 fully saturated rings. The Kier molecular flexibility index (Phi) is 4.47. The number of fused-ring (bicyclic) bond motifs is 2. The fraction of sp³-hybridized carbons (Fsp3) is 0.200. The van der Waals surface area contributed by atoms with E-state index in [4.69, 9.17) is 0 Å². The van der Waals surface area contributed by atoms with Crippen LogP contribution in [0.25, 0.3) is 11.0 Å². The Morgan fingerprint density at radius 3 is 2.77 bits per heavy atom. The SMILES string of the molecule is CS(=O)(=O)Nc1ccc(Nc2ncc3cnn(C4CCc5c(O)cccc54)c3n2)cn1. The molecule has 3 heterocycles. The van der Waals surface area contributed by atoms with E-state index in [0.29, 0.717) is 23.0 Å². The summed E-state index contributed by atoms with van der Waals surface area (Å²) in [6.45, 7) is 0. The van der Waals surface area contributed by atoms with Crippen LogP contribution in [0.2, 0.25) is 0 Å². The minimum absolute atomic E-state index is 0.00892. The second-order valence-corrected chi connectivity index (χ2v) is 9.14. The van der Waals surface area contributed by atoms with Crippen LogP contribution in [0, 0.1) is 0 Å². The van der Waals surface area contributed by atoms with Gasteiger partial charge in [-0.3, -0.25) is 4.72 Å². The van der Waals surface area contributed by atoms with Crippen LogP contribution in [-0.2, 0) is 16.4 Å². The summed E-state index contributed by atoms with van der Waals surface area (Å²) in [7, 11) is -3.39. The number of aromatic hydroxyl groups is 1. The summed E-state index contributed by atoms with van der Waals surface area (Å²) in [5, 5.41) is 18.6. The van der Waals surface area contributed by atoms with Crippen molar-refractivity contribution in [1.29, 1.82) is 0 Å². The summed E-state index contributed by atoms with van der Waals surface area (Å²) in [4.78, 5) is 13.0. The first kappa shape index (κ1) is 19.2. The van der Waals surface area contributed by atoms with E-state index in [1.54, 1.807) is 30.6 Å². The van der Waals surface area contributed by atoms with Crippen molar-refractivity contribution in [2.24, 2.45) is 0 Å². The maximum atomic E-state index is 11.3. The highest BCUT2D eigenvalue weighted by atomic mass is 32.2. The zero-order chi connectivity index (χ0) is 21.6. The predicted molar refractivity (Wildman–Crippen MR) is 116 cm³/mol. The number of pyridine rings is 1. The zero-order valence-electron chi connectivity index (χ0n) is 16.5. The average Bonchev–Trinajstić information content (AvgIpc) is 3.33. The van der Waals surface area contributed by atoms with Gasteiger partial charge >= 0.3 is 0 Å². The molecule has 158 valence electrons. The van der Waals surface area contributed by atoms with Gasteiger partial charge in [0.2, 0.25) is 16.0 Å². The van der Waals surface area contributed by atoms with Gasteiger partial charge in [0, 0.05) is 6.20 Å². The minimum atomic E-state index is -3.39. The smallest absolute Gasteiger partial charge is 0.230 e. The standard InChI is InChI=1S/C20H19N7O3S/c1-31(29,30)26-18-8-5-13(11-21-18)24-20-22-9-12-10-23-27(19(12)25-20)16-7-6-15-14(16)3-2-4-17(15)28/h2-5,8-11,16,28H,6-7H2,1H3,(H,21,26)(H,22,24,25). The lowest BCUT2D eigenvalue weighted by atomic mass is 10.1. The van der Waals surface area contributed by atoms with Gasteiger partial charge in [0.1, 0.15) is 11.6 Å². The number of anilines is 3. The normalized spacial score (nSPS) is 15.7. The van der Waals surface area contributed by atoms with E-state index in [9.17, 15) is 13.5 Å². The molecule has 0 bridgehead atoms. The molecule has 0 radical (unpaired) electrons. The third kappa shape index (κ3) is 3.75. The van der Waals surface area contributed by atoms with E-state index in [1.165, 1.54) is 6.20 Å². The number of nitrogens with zero attached hydrogens (tertiary/aromatic N) is 5. The summed E-state index contributed by atoms with van der Waals surface area (Å²) in [5.41, 5.74) is 3.30. The number of phenols is 1. The van der Waals surface area contributed by atoms with Crippen LogP contribution in [0.15, 0.2) is 48.9 Å². The van der Waals surface area contributed by atoms with Crippen LogP contribution in [-0.4, -0.2) is 44.5 Å². The van der Waals surface area contributed by atoms with Crippen molar-refractivity contribution in [3.05, 3.63) is 60.0 Å². The molecule has 0 saturated heterocycles. The topological polar surface area (TPSA) is 135 Å². The molecule has 4 aromatic rings. The van der Waals surface area contributed by atoms with Crippen LogP contribution in [0.4, 0.5) is 17.5 Å². The summed E-state index contributed by atoms with van der Waals surface area (Å²) in [5.74, 6) is 0.911. The minimum Gasteiger partial charge on any atom is -0.508 e. The van der Waals surface area contributed by atoms with Crippen molar-refractivity contribution in [3.8, 4) is 5.75 Å². The van der Waals surface area contributed by atoms with E-state index in [0.717, 1.165) is 35.6 Å². The molecule has 31 heavy (non-hydrogen) atoms. The average molecular weight is 437 g/mol. The lowest BCUT2D eigenvalue weighted by Gasteiger charge is -2.14. The van der Waals surface area contributed by atoms with Crippen molar-refractivity contribution in [2.75, 3.05) is 16.3 Å². The molecule has 0 amide bonds. The second-order valence-electron chi connectivity index (χ2n) is 7.39. The monoisotopic (exact) mass is 437 g/mol. The van der Waals surface area contributed by atoms with Crippen LogP contribution in [0.5, 0.6) is 5.75 Å². The molecule has 0 saturated carbocycles. The Labute approximate surface area is 178 Å². The van der Waals surface area contributed by atoms with Gasteiger partial charge in [-0.05, 0) is 42.2 Å². The molecular weight excluding hydrogens is 418 g/mol. The molecule has 0 aliphatic heterocycles. The quantitative estimate of drug-likeness (QED) is 0.434. The van der Waals surface area contributed by atoms with Gasteiger partial charge in [0.15, 0.2) is 5.65 Å². The third-order valence-corrected chi connectivity index (χ3v) is 5.73. The molecule has 0 spiro atoms. The molecule has 1 aliphatic carbocycles. The van der Waals surface area contributed by atoms with Gasteiger partial charge < -0.3 is 10.4 Å². The second kappa shape index (κ2) is 7.20. The molecule has 1 aliphatic rings. The summed E-state index contributed by atoms with van der Waals surface area (Å²) in [6, 6.07) is 8.78. The third-order valence-electron chi connectivity index (χ3n) is 5.15. The molecule has 1 atom stereocenters. The Morgan fingerprint density at radius 1 is 1.13 bits per heavy atom. The summed E-state index contributed by atoms with van der Waals surface area (Å²) >= 11 is 0. The molecule has 5 rings (SSSR count).